The first kappa shape index (κ1) is 14.4. The maximum Gasteiger partial charge on any atom is 0.224 e. The van der Waals surface area contributed by atoms with E-state index < -0.39 is 0 Å². The molecule has 1 aliphatic heterocycles. The van der Waals surface area contributed by atoms with Gasteiger partial charge in [-0.3, -0.25) is 4.79 Å². The van der Waals surface area contributed by atoms with Gasteiger partial charge in [-0.2, -0.15) is 0 Å². The zero-order chi connectivity index (χ0) is 13.5. The standard InChI is InChI=1S/C14H20N2O2S/c15-12(11-19-13-4-2-1-3-5-13)10-14(17)16-6-8-18-9-7-16/h1-5,12H,6-11,15H2/t12-/m0/s1. The van der Waals surface area contributed by atoms with Crippen LogP contribution in [-0.2, 0) is 9.53 Å². The summed E-state index contributed by atoms with van der Waals surface area (Å²) < 4.78 is 5.23. The molecule has 2 N–H and O–H groups in total. The topological polar surface area (TPSA) is 55.6 Å². The fourth-order valence-corrected chi connectivity index (χ4v) is 2.82. The number of rotatable bonds is 5. The van der Waals surface area contributed by atoms with Gasteiger partial charge >= 0.3 is 0 Å². The molecular formula is C14H20N2O2S. The SMILES string of the molecule is N[C@H](CSc1ccccc1)CC(=O)N1CCOCC1. The summed E-state index contributed by atoms with van der Waals surface area (Å²) in [5.74, 6) is 0.907. The Hall–Kier alpha value is -1.04. The average Bonchev–Trinajstić information content (AvgIpc) is 2.47. The minimum Gasteiger partial charge on any atom is -0.378 e. The van der Waals surface area contributed by atoms with Crippen molar-refractivity contribution in [2.45, 2.75) is 17.4 Å². The van der Waals surface area contributed by atoms with E-state index in [9.17, 15) is 4.79 Å². The number of nitrogens with two attached hydrogens (primary N) is 1. The van der Waals surface area contributed by atoms with E-state index in [-0.39, 0.29) is 11.9 Å². The summed E-state index contributed by atoms with van der Waals surface area (Å²) in [5, 5.41) is 0. The molecule has 1 aromatic rings. The van der Waals surface area contributed by atoms with Crippen LogP contribution in [0.5, 0.6) is 0 Å². The Kier molecular flexibility index (Phi) is 5.69. The molecule has 1 aliphatic rings. The molecule has 0 bridgehead atoms. The summed E-state index contributed by atoms with van der Waals surface area (Å²) >= 11 is 1.70. The summed E-state index contributed by atoms with van der Waals surface area (Å²) in [6.07, 6.45) is 0.417. The van der Waals surface area contributed by atoms with E-state index in [0.717, 1.165) is 5.75 Å². The number of ether oxygens (including phenoxy) is 1. The van der Waals surface area contributed by atoms with E-state index >= 15 is 0 Å². The molecule has 1 heterocycles. The molecular weight excluding hydrogens is 260 g/mol. The number of morpholine rings is 1. The molecule has 2 rings (SSSR count). The van der Waals surface area contributed by atoms with E-state index in [0.29, 0.717) is 32.7 Å². The predicted octanol–water partition coefficient (Wildman–Crippen LogP) is 1.35. The number of thioether (sulfide) groups is 1. The highest BCUT2D eigenvalue weighted by atomic mass is 32.2. The number of carbonyl (C=O) groups is 1. The smallest absolute Gasteiger partial charge is 0.224 e. The number of hydrogen-bond acceptors (Lipinski definition) is 4. The highest BCUT2D eigenvalue weighted by Gasteiger charge is 2.19. The molecule has 5 heteroatoms. The van der Waals surface area contributed by atoms with Crippen molar-refractivity contribution in [3.8, 4) is 0 Å². The van der Waals surface area contributed by atoms with Crippen molar-refractivity contribution in [2.75, 3.05) is 32.1 Å². The predicted molar refractivity (Wildman–Crippen MR) is 77.2 cm³/mol. The lowest BCUT2D eigenvalue weighted by molar-refractivity contribution is -0.135. The van der Waals surface area contributed by atoms with E-state index in [1.807, 2.05) is 23.1 Å². The number of carbonyl (C=O) groups excluding carboxylic acids is 1. The highest BCUT2D eigenvalue weighted by Crippen LogP contribution is 2.18. The third-order valence-corrected chi connectivity index (χ3v) is 4.21. The molecule has 0 radical (unpaired) electrons. The Morgan fingerprint density at radius 1 is 1.32 bits per heavy atom. The summed E-state index contributed by atoms with van der Waals surface area (Å²) in [5.41, 5.74) is 6.03. The maximum absolute atomic E-state index is 12.0. The summed E-state index contributed by atoms with van der Waals surface area (Å²) in [6.45, 7) is 2.66. The largest absolute Gasteiger partial charge is 0.378 e. The van der Waals surface area contributed by atoms with E-state index in [2.05, 4.69) is 12.1 Å². The monoisotopic (exact) mass is 280 g/mol. The molecule has 1 fully saturated rings. The normalized spacial score (nSPS) is 17.2. The van der Waals surface area contributed by atoms with Crippen LogP contribution in [-0.4, -0.2) is 48.9 Å². The van der Waals surface area contributed by atoms with E-state index in [4.69, 9.17) is 10.5 Å². The van der Waals surface area contributed by atoms with Crippen molar-refractivity contribution < 1.29 is 9.53 Å². The van der Waals surface area contributed by atoms with Crippen molar-refractivity contribution in [2.24, 2.45) is 5.73 Å². The summed E-state index contributed by atoms with van der Waals surface area (Å²) in [6, 6.07) is 10.0. The van der Waals surface area contributed by atoms with Crippen molar-refractivity contribution in [3.05, 3.63) is 30.3 Å². The van der Waals surface area contributed by atoms with Crippen LogP contribution in [0, 0.1) is 0 Å². The first-order valence-electron chi connectivity index (χ1n) is 6.54. The van der Waals surface area contributed by atoms with Gasteiger partial charge in [0.05, 0.1) is 13.2 Å². The Labute approximate surface area is 118 Å². The number of hydrogen-bond donors (Lipinski definition) is 1. The van der Waals surface area contributed by atoms with Gasteiger partial charge in [0.1, 0.15) is 0 Å². The van der Waals surface area contributed by atoms with Crippen LogP contribution in [0.15, 0.2) is 35.2 Å². The van der Waals surface area contributed by atoms with Crippen LogP contribution in [0.1, 0.15) is 6.42 Å². The van der Waals surface area contributed by atoms with Crippen molar-refractivity contribution in [3.63, 3.8) is 0 Å². The zero-order valence-corrected chi connectivity index (χ0v) is 11.8. The van der Waals surface area contributed by atoms with Gasteiger partial charge in [0.25, 0.3) is 0 Å². The second kappa shape index (κ2) is 7.53. The Balaban J connectivity index is 1.71. The fourth-order valence-electron chi connectivity index (χ4n) is 1.95. The molecule has 1 aromatic carbocycles. The molecule has 1 atom stereocenters. The average molecular weight is 280 g/mol. The van der Waals surface area contributed by atoms with E-state index in [1.165, 1.54) is 4.90 Å². The summed E-state index contributed by atoms with van der Waals surface area (Å²) in [7, 11) is 0. The maximum atomic E-state index is 12.0. The molecule has 0 aromatic heterocycles. The number of nitrogens with zero attached hydrogens (tertiary/aromatic N) is 1. The second-order valence-corrected chi connectivity index (χ2v) is 5.67. The molecule has 0 spiro atoms. The first-order valence-corrected chi connectivity index (χ1v) is 7.53. The Bertz CT molecular complexity index is 394. The quantitative estimate of drug-likeness (QED) is 0.827. The van der Waals surface area contributed by atoms with Gasteiger partial charge in [-0.1, -0.05) is 18.2 Å². The minimum atomic E-state index is -0.0967. The van der Waals surface area contributed by atoms with Gasteiger partial charge in [0.15, 0.2) is 0 Å². The van der Waals surface area contributed by atoms with Gasteiger partial charge in [-0.05, 0) is 12.1 Å². The third-order valence-electron chi connectivity index (χ3n) is 3.01. The molecule has 0 unspecified atom stereocenters. The van der Waals surface area contributed by atoms with Crippen LogP contribution < -0.4 is 5.73 Å². The van der Waals surface area contributed by atoms with Crippen LogP contribution in [0.4, 0.5) is 0 Å². The molecule has 104 valence electrons. The van der Waals surface area contributed by atoms with Gasteiger partial charge in [-0.15, -0.1) is 11.8 Å². The van der Waals surface area contributed by atoms with Gasteiger partial charge in [-0.25, -0.2) is 0 Å². The van der Waals surface area contributed by atoms with Crippen LogP contribution in [0.2, 0.25) is 0 Å². The molecule has 1 saturated heterocycles. The fraction of sp³-hybridized carbons (Fsp3) is 0.500. The van der Waals surface area contributed by atoms with Crippen molar-refractivity contribution in [1.82, 2.24) is 4.90 Å². The Morgan fingerprint density at radius 2 is 2.00 bits per heavy atom. The van der Waals surface area contributed by atoms with Gasteiger partial charge in [0, 0.05) is 36.2 Å². The first-order chi connectivity index (χ1) is 9.25. The molecule has 4 nitrogen and oxygen atoms in total. The van der Waals surface area contributed by atoms with E-state index in [1.54, 1.807) is 11.8 Å². The zero-order valence-electron chi connectivity index (χ0n) is 11.0. The molecule has 0 saturated carbocycles. The van der Waals surface area contributed by atoms with Crippen molar-refractivity contribution >= 4 is 17.7 Å². The number of amides is 1. The van der Waals surface area contributed by atoms with Crippen LogP contribution in [0.25, 0.3) is 0 Å². The Morgan fingerprint density at radius 3 is 2.68 bits per heavy atom. The van der Waals surface area contributed by atoms with Gasteiger partial charge in [0.2, 0.25) is 5.91 Å². The van der Waals surface area contributed by atoms with Crippen LogP contribution >= 0.6 is 11.8 Å². The molecule has 0 aliphatic carbocycles. The lowest BCUT2D eigenvalue weighted by Gasteiger charge is -2.27. The summed E-state index contributed by atoms with van der Waals surface area (Å²) in [4.78, 5) is 15.0. The van der Waals surface area contributed by atoms with Crippen LogP contribution in [0.3, 0.4) is 0 Å². The number of benzene rings is 1. The third kappa shape index (κ3) is 4.86. The van der Waals surface area contributed by atoms with Crippen molar-refractivity contribution in [1.29, 1.82) is 0 Å². The molecule has 19 heavy (non-hydrogen) atoms. The second-order valence-electron chi connectivity index (χ2n) is 4.58. The minimum absolute atomic E-state index is 0.0967. The van der Waals surface area contributed by atoms with Gasteiger partial charge < -0.3 is 15.4 Å². The molecule has 1 amide bonds. The lowest BCUT2D eigenvalue weighted by Crippen LogP contribution is -2.43. The lowest BCUT2D eigenvalue weighted by atomic mass is 10.2. The highest BCUT2D eigenvalue weighted by molar-refractivity contribution is 7.99.